The van der Waals surface area contributed by atoms with Gasteiger partial charge in [0.2, 0.25) is 0 Å². The number of benzene rings is 1. The molecule has 0 bridgehead atoms. The maximum absolute atomic E-state index is 12.8. The van der Waals surface area contributed by atoms with E-state index in [1.165, 1.54) is 23.9 Å². The fourth-order valence-corrected chi connectivity index (χ4v) is 2.36. The Hall–Kier alpha value is -1.26. The zero-order valence-corrected chi connectivity index (χ0v) is 10.4. The van der Waals surface area contributed by atoms with Crippen LogP contribution in [0.3, 0.4) is 0 Å². The lowest BCUT2D eigenvalue weighted by Crippen LogP contribution is -1.91. The van der Waals surface area contributed by atoms with Gasteiger partial charge in [-0.3, -0.25) is 4.98 Å². The summed E-state index contributed by atoms with van der Waals surface area (Å²) < 4.78 is 12.8. The summed E-state index contributed by atoms with van der Waals surface area (Å²) in [6, 6.07) is 7.90. The van der Waals surface area contributed by atoms with Crippen molar-refractivity contribution in [2.75, 3.05) is 5.73 Å². The quantitative estimate of drug-likeness (QED) is 0.681. The highest BCUT2D eigenvalue weighted by molar-refractivity contribution is 7.98. The number of hydrogen-bond donors (Lipinski definition) is 1. The van der Waals surface area contributed by atoms with Crippen molar-refractivity contribution in [2.45, 2.75) is 10.6 Å². The predicted molar refractivity (Wildman–Crippen MR) is 69.6 cm³/mol. The molecule has 17 heavy (non-hydrogen) atoms. The molecule has 1 aromatic carbocycles. The van der Waals surface area contributed by atoms with E-state index in [9.17, 15) is 4.39 Å². The Kier molecular flexibility index (Phi) is 3.86. The molecule has 0 aliphatic heterocycles. The van der Waals surface area contributed by atoms with Crippen molar-refractivity contribution in [3.8, 4) is 0 Å². The van der Waals surface area contributed by atoms with Gasteiger partial charge < -0.3 is 5.73 Å². The minimum absolute atomic E-state index is 0.326. The van der Waals surface area contributed by atoms with E-state index in [0.29, 0.717) is 16.5 Å². The normalized spacial score (nSPS) is 10.5. The monoisotopic (exact) mass is 268 g/mol. The van der Waals surface area contributed by atoms with E-state index in [0.717, 1.165) is 10.6 Å². The van der Waals surface area contributed by atoms with E-state index >= 15 is 0 Å². The van der Waals surface area contributed by atoms with Crippen molar-refractivity contribution in [3.63, 3.8) is 0 Å². The van der Waals surface area contributed by atoms with Gasteiger partial charge in [0.25, 0.3) is 0 Å². The van der Waals surface area contributed by atoms with Crippen LogP contribution < -0.4 is 5.73 Å². The van der Waals surface area contributed by atoms with Gasteiger partial charge in [-0.15, -0.1) is 11.8 Å². The molecule has 0 spiro atoms. The summed E-state index contributed by atoms with van der Waals surface area (Å²) in [5.41, 5.74) is 7.02. The maximum Gasteiger partial charge on any atom is 0.125 e. The van der Waals surface area contributed by atoms with Gasteiger partial charge in [0.1, 0.15) is 5.82 Å². The number of nitrogen functional groups attached to an aromatic ring is 1. The zero-order valence-electron chi connectivity index (χ0n) is 8.86. The molecule has 0 saturated carbocycles. The number of hydrogen-bond acceptors (Lipinski definition) is 3. The predicted octanol–water partition coefficient (Wildman–Crippen LogP) is 3.75. The van der Waals surface area contributed by atoms with Gasteiger partial charge >= 0.3 is 0 Å². The SMILES string of the molecule is Nc1cc(F)ccc1SCc1cc(Cl)ccn1. The average Bonchev–Trinajstić information content (AvgIpc) is 2.28. The molecule has 0 fully saturated rings. The van der Waals surface area contributed by atoms with Crippen molar-refractivity contribution in [1.82, 2.24) is 4.98 Å². The Morgan fingerprint density at radius 2 is 2.12 bits per heavy atom. The largest absolute Gasteiger partial charge is 0.398 e. The minimum Gasteiger partial charge on any atom is -0.398 e. The van der Waals surface area contributed by atoms with Crippen LogP contribution in [0.1, 0.15) is 5.69 Å². The number of thioether (sulfide) groups is 1. The van der Waals surface area contributed by atoms with Crippen LogP contribution in [-0.2, 0) is 5.75 Å². The molecule has 1 heterocycles. The molecular formula is C12H10ClFN2S. The average molecular weight is 269 g/mol. The van der Waals surface area contributed by atoms with E-state index in [-0.39, 0.29) is 5.82 Å². The molecule has 1 aromatic heterocycles. The summed E-state index contributed by atoms with van der Waals surface area (Å²) in [7, 11) is 0. The lowest BCUT2D eigenvalue weighted by molar-refractivity contribution is 0.627. The molecule has 2 N–H and O–H groups in total. The summed E-state index contributed by atoms with van der Waals surface area (Å²) in [5, 5.41) is 0.655. The highest BCUT2D eigenvalue weighted by Gasteiger charge is 2.03. The van der Waals surface area contributed by atoms with Crippen LogP contribution in [0.5, 0.6) is 0 Å². The Balaban J connectivity index is 2.07. The molecule has 0 aliphatic carbocycles. The molecule has 0 unspecified atom stereocenters. The number of nitrogens with two attached hydrogens (primary N) is 1. The molecular weight excluding hydrogens is 259 g/mol. The number of halogens is 2. The summed E-state index contributed by atoms with van der Waals surface area (Å²) in [5.74, 6) is 0.323. The van der Waals surface area contributed by atoms with Crippen molar-refractivity contribution in [2.24, 2.45) is 0 Å². The second-order valence-corrected chi connectivity index (χ2v) is 4.89. The first kappa shape index (κ1) is 12.2. The molecule has 0 saturated heterocycles. The highest BCUT2D eigenvalue weighted by atomic mass is 35.5. The molecule has 5 heteroatoms. The lowest BCUT2D eigenvalue weighted by atomic mass is 10.3. The topological polar surface area (TPSA) is 38.9 Å². The third-order valence-corrected chi connectivity index (χ3v) is 3.48. The first-order valence-electron chi connectivity index (χ1n) is 4.93. The molecule has 0 aliphatic rings. The van der Waals surface area contributed by atoms with Gasteiger partial charge in [0.05, 0.1) is 5.69 Å². The standard InChI is InChI=1S/C12H10ClFN2S/c13-8-3-4-16-10(5-8)7-17-12-2-1-9(14)6-11(12)15/h1-6H,7,15H2. The van der Waals surface area contributed by atoms with Crippen LogP contribution in [0.2, 0.25) is 5.02 Å². The van der Waals surface area contributed by atoms with E-state index in [2.05, 4.69) is 4.98 Å². The summed E-state index contributed by atoms with van der Waals surface area (Å²) in [6.07, 6.45) is 1.66. The molecule has 2 nitrogen and oxygen atoms in total. The van der Waals surface area contributed by atoms with Crippen molar-refractivity contribution < 1.29 is 4.39 Å². The number of nitrogens with zero attached hydrogens (tertiary/aromatic N) is 1. The zero-order chi connectivity index (χ0) is 12.3. The fraction of sp³-hybridized carbons (Fsp3) is 0.0833. The number of pyridine rings is 1. The van der Waals surface area contributed by atoms with E-state index in [4.69, 9.17) is 17.3 Å². The van der Waals surface area contributed by atoms with Crippen LogP contribution in [-0.4, -0.2) is 4.98 Å². The van der Waals surface area contributed by atoms with Gasteiger partial charge in [0.15, 0.2) is 0 Å². The van der Waals surface area contributed by atoms with Gasteiger partial charge in [-0.05, 0) is 30.3 Å². The maximum atomic E-state index is 12.8. The third-order valence-electron chi connectivity index (χ3n) is 2.13. The second kappa shape index (κ2) is 5.38. The number of anilines is 1. The van der Waals surface area contributed by atoms with Crippen LogP contribution in [0.4, 0.5) is 10.1 Å². The van der Waals surface area contributed by atoms with Gasteiger partial charge in [0, 0.05) is 27.6 Å². The van der Waals surface area contributed by atoms with Gasteiger partial charge in [-0.25, -0.2) is 4.39 Å². The highest BCUT2D eigenvalue weighted by Crippen LogP contribution is 2.28. The minimum atomic E-state index is -0.326. The molecule has 88 valence electrons. The van der Waals surface area contributed by atoms with Crippen molar-refractivity contribution in [1.29, 1.82) is 0 Å². The Labute approximate surface area is 108 Å². The first-order valence-corrected chi connectivity index (χ1v) is 6.30. The van der Waals surface area contributed by atoms with E-state index < -0.39 is 0 Å². The summed E-state index contributed by atoms with van der Waals surface area (Å²) in [4.78, 5) is 5.02. The molecule has 2 rings (SSSR count). The third kappa shape index (κ3) is 3.35. The van der Waals surface area contributed by atoms with Crippen LogP contribution in [0.25, 0.3) is 0 Å². The number of rotatable bonds is 3. The molecule has 2 aromatic rings. The summed E-state index contributed by atoms with van der Waals surface area (Å²) >= 11 is 7.36. The smallest absolute Gasteiger partial charge is 0.125 e. The molecule has 0 radical (unpaired) electrons. The van der Waals surface area contributed by atoms with Gasteiger partial charge in [-0.1, -0.05) is 11.6 Å². The van der Waals surface area contributed by atoms with Crippen LogP contribution in [0, 0.1) is 5.82 Å². The fourth-order valence-electron chi connectivity index (χ4n) is 1.33. The van der Waals surface area contributed by atoms with Crippen molar-refractivity contribution >= 4 is 29.1 Å². The first-order chi connectivity index (χ1) is 8.15. The van der Waals surface area contributed by atoms with E-state index in [1.54, 1.807) is 24.4 Å². The molecule has 0 atom stereocenters. The summed E-state index contributed by atoms with van der Waals surface area (Å²) in [6.45, 7) is 0. The Morgan fingerprint density at radius 1 is 1.29 bits per heavy atom. The lowest BCUT2D eigenvalue weighted by Gasteiger charge is -2.05. The number of aromatic nitrogens is 1. The second-order valence-electron chi connectivity index (χ2n) is 3.44. The van der Waals surface area contributed by atoms with Crippen molar-refractivity contribution in [3.05, 3.63) is 53.1 Å². The van der Waals surface area contributed by atoms with E-state index in [1.807, 2.05) is 0 Å². The Morgan fingerprint density at radius 3 is 2.82 bits per heavy atom. The van der Waals surface area contributed by atoms with Gasteiger partial charge in [-0.2, -0.15) is 0 Å². The van der Waals surface area contributed by atoms with Crippen LogP contribution >= 0.6 is 23.4 Å². The molecule has 0 amide bonds. The Bertz CT molecular complexity index is 534. The van der Waals surface area contributed by atoms with Crippen LogP contribution in [0.15, 0.2) is 41.4 Å².